The van der Waals surface area contributed by atoms with Gasteiger partial charge in [0, 0.05) is 22.1 Å². The van der Waals surface area contributed by atoms with Gasteiger partial charge >= 0.3 is 6.09 Å². The third kappa shape index (κ3) is 4.94. The van der Waals surface area contributed by atoms with Crippen molar-refractivity contribution in [3.63, 3.8) is 0 Å². The summed E-state index contributed by atoms with van der Waals surface area (Å²) in [5.41, 5.74) is 11.9. The number of nitrogens with one attached hydrogen (secondary N) is 1. The molecule has 0 fully saturated rings. The lowest BCUT2D eigenvalue weighted by molar-refractivity contribution is -0.120. The molecular weight excluding hydrogens is 522 g/mol. The summed E-state index contributed by atoms with van der Waals surface area (Å²) in [7, 11) is 0. The highest BCUT2D eigenvalue weighted by molar-refractivity contribution is 7.99. The fraction of sp³-hybridized carbons (Fsp3) is 0.156. The number of thioether (sulfide) groups is 1. The van der Waals surface area contributed by atoms with Crippen LogP contribution in [0.5, 0.6) is 0 Å². The van der Waals surface area contributed by atoms with Crippen molar-refractivity contribution in [3.8, 4) is 11.1 Å². The Labute approximate surface area is 236 Å². The molecule has 4 aromatic rings. The van der Waals surface area contributed by atoms with Crippen LogP contribution in [0.2, 0.25) is 0 Å². The molecule has 2 aliphatic rings. The Morgan fingerprint density at radius 2 is 1.55 bits per heavy atom. The number of hydrogen-bond acceptors (Lipinski definition) is 5. The first-order valence-electron chi connectivity index (χ1n) is 13.0. The van der Waals surface area contributed by atoms with Gasteiger partial charge in [-0.1, -0.05) is 78.9 Å². The molecule has 4 aromatic carbocycles. The highest BCUT2D eigenvalue weighted by Crippen LogP contribution is 2.44. The maximum absolute atomic E-state index is 13.8. The average molecular weight is 550 g/mol. The minimum atomic E-state index is -0.825. The summed E-state index contributed by atoms with van der Waals surface area (Å²) in [4.78, 5) is 41.2. The molecule has 8 heteroatoms. The van der Waals surface area contributed by atoms with Gasteiger partial charge in [-0.3, -0.25) is 9.59 Å². The van der Waals surface area contributed by atoms with Gasteiger partial charge in [0.05, 0.1) is 12.2 Å². The molecule has 0 bridgehead atoms. The fourth-order valence-electron chi connectivity index (χ4n) is 5.37. The second-order valence-electron chi connectivity index (χ2n) is 9.79. The van der Waals surface area contributed by atoms with Crippen LogP contribution >= 0.6 is 11.8 Å². The quantitative estimate of drug-likeness (QED) is 0.339. The van der Waals surface area contributed by atoms with Gasteiger partial charge in [0.1, 0.15) is 12.6 Å². The summed E-state index contributed by atoms with van der Waals surface area (Å²) in [5.74, 6) is -0.622. The van der Waals surface area contributed by atoms with Crippen molar-refractivity contribution >= 4 is 35.4 Å². The van der Waals surface area contributed by atoms with Crippen LogP contribution in [-0.2, 0) is 16.1 Å². The predicted molar refractivity (Wildman–Crippen MR) is 155 cm³/mol. The molecule has 0 unspecified atom stereocenters. The molecule has 0 saturated carbocycles. The van der Waals surface area contributed by atoms with E-state index < -0.39 is 18.0 Å². The average Bonchev–Trinajstić information content (AvgIpc) is 3.24. The normalized spacial score (nSPS) is 15.9. The Kier molecular flexibility index (Phi) is 7.00. The molecule has 0 aromatic heterocycles. The first-order valence-corrected chi connectivity index (χ1v) is 14.0. The fourth-order valence-corrected chi connectivity index (χ4v) is 6.42. The van der Waals surface area contributed by atoms with Gasteiger partial charge in [0.15, 0.2) is 0 Å². The number of amides is 3. The van der Waals surface area contributed by atoms with Crippen LogP contribution in [0, 0.1) is 0 Å². The first kappa shape index (κ1) is 25.7. The third-order valence-corrected chi connectivity index (χ3v) is 8.48. The second-order valence-corrected chi connectivity index (χ2v) is 10.9. The van der Waals surface area contributed by atoms with E-state index >= 15 is 0 Å². The van der Waals surface area contributed by atoms with Gasteiger partial charge < -0.3 is 20.7 Å². The summed E-state index contributed by atoms with van der Waals surface area (Å²) in [5, 5.41) is 2.80. The Hall–Kier alpha value is -4.56. The molecule has 200 valence electrons. The molecule has 40 heavy (non-hydrogen) atoms. The lowest BCUT2D eigenvalue weighted by atomic mass is 9.98. The predicted octanol–water partition coefficient (Wildman–Crippen LogP) is 5.33. The molecule has 6 rings (SSSR count). The van der Waals surface area contributed by atoms with Crippen LogP contribution in [0.15, 0.2) is 102 Å². The third-order valence-electron chi connectivity index (χ3n) is 7.32. The Morgan fingerprint density at radius 1 is 0.900 bits per heavy atom. The smallest absolute Gasteiger partial charge is 0.407 e. The van der Waals surface area contributed by atoms with Crippen LogP contribution in [0.3, 0.4) is 0 Å². The molecule has 7 nitrogen and oxygen atoms in total. The van der Waals surface area contributed by atoms with Crippen LogP contribution in [-0.4, -0.2) is 36.3 Å². The molecule has 1 heterocycles. The summed E-state index contributed by atoms with van der Waals surface area (Å²) < 4.78 is 5.72. The van der Waals surface area contributed by atoms with Gasteiger partial charge in [0.25, 0.3) is 5.91 Å². The standard InChI is InChI=1S/C32H27N3O4S/c33-30(36)21-14-15-29-28(16-21)35(17-20-8-2-1-3-9-20)31(37)27(19-40-29)34-32(38)39-18-26-24-12-6-4-10-22(24)23-11-5-7-13-25(23)26/h1-16,26-27H,17-19H2,(H2,33,36)(H,34,38)/t27-/m0/s1. The number of nitrogens with two attached hydrogens (primary N) is 1. The molecule has 3 amide bonds. The Balaban J connectivity index is 1.21. The topological polar surface area (TPSA) is 102 Å². The summed E-state index contributed by atoms with van der Waals surface area (Å²) >= 11 is 1.44. The van der Waals surface area contributed by atoms with Crippen molar-refractivity contribution in [2.24, 2.45) is 5.73 Å². The largest absolute Gasteiger partial charge is 0.449 e. The van der Waals surface area contributed by atoms with Crippen molar-refractivity contribution in [3.05, 3.63) is 119 Å². The van der Waals surface area contributed by atoms with E-state index in [1.54, 1.807) is 23.1 Å². The van der Waals surface area contributed by atoms with E-state index in [1.807, 2.05) is 54.6 Å². The number of carbonyl (C=O) groups excluding carboxylic acids is 3. The van der Waals surface area contributed by atoms with E-state index in [2.05, 4.69) is 29.6 Å². The molecule has 1 aliphatic heterocycles. The van der Waals surface area contributed by atoms with Gasteiger partial charge in [0.2, 0.25) is 5.91 Å². The molecule has 0 radical (unpaired) electrons. The highest BCUT2D eigenvalue weighted by Gasteiger charge is 2.34. The number of primary amides is 1. The zero-order valence-corrected chi connectivity index (χ0v) is 22.4. The van der Waals surface area contributed by atoms with Crippen molar-refractivity contribution in [2.75, 3.05) is 17.3 Å². The lowest BCUT2D eigenvalue weighted by Crippen LogP contribution is -2.49. The van der Waals surface area contributed by atoms with Gasteiger partial charge in [-0.25, -0.2) is 4.79 Å². The Bertz CT molecular complexity index is 1560. The van der Waals surface area contributed by atoms with Crippen LogP contribution in [0.1, 0.15) is 33.0 Å². The number of fused-ring (bicyclic) bond motifs is 4. The van der Waals surface area contributed by atoms with Crippen molar-refractivity contribution in [1.82, 2.24) is 5.32 Å². The molecule has 1 aliphatic carbocycles. The first-order chi connectivity index (χ1) is 19.5. The number of anilines is 1. The number of ether oxygens (including phenoxy) is 1. The van der Waals surface area contributed by atoms with Crippen molar-refractivity contribution in [1.29, 1.82) is 0 Å². The number of benzene rings is 4. The number of hydrogen-bond donors (Lipinski definition) is 2. The zero-order valence-electron chi connectivity index (χ0n) is 21.6. The molecular formula is C32H27N3O4S. The summed E-state index contributed by atoms with van der Waals surface area (Å²) in [6.45, 7) is 0.433. The zero-order chi connectivity index (χ0) is 27.6. The highest BCUT2D eigenvalue weighted by atomic mass is 32.2. The maximum Gasteiger partial charge on any atom is 0.407 e. The minimum Gasteiger partial charge on any atom is -0.449 e. The number of carbonyl (C=O) groups is 3. The number of nitrogens with zero attached hydrogens (tertiary/aromatic N) is 1. The minimum absolute atomic E-state index is 0.0802. The van der Waals surface area contributed by atoms with Crippen LogP contribution < -0.4 is 16.0 Å². The van der Waals surface area contributed by atoms with E-state index in [1.165, 1.54) is 11.8 Å². The van der Waals surface area contributed by atoms with Crippen molar-refractivity contribution in [2.45, 2.75) is 23.4 Å². The molecule has 3 N–H and O–H groups in total. The maximum atomic E-state index is 13.8. The van der Waals surface area contributed by atoms with E-state index in [-0.39, 0.29) is 25.0 Å². The number of alkyl carbamates (subject to hydrolysis) is 1. The SMILES string of the molecule is NC(=O)c1ccc2c(c1)N(Cc1ccccc1)C(=O)[C@@H](NC(=O)OCC1c3ccccc3-c3ccccc31)CS2. The van der Waals surface area contributed by atoms with Gasteiger partial charge in [-0.05, 0) is 46.0 Å². The van der Waals surface area contributed by atoms with E-state index in [9.17, 15) is 14.4 Å². The second kappa shape index (κ2) is 10.9. The number of rotatable bonds is 6. The molecule has 0 spiro atoms. The van der Waals surface area contributed by atoms with Gasteiger partial charge in [-0.15, -0.1) is 11.8 Å². The van der Waals surface area contributed by atoms with E-state index in [0.29, 0.717) is 17.0 Å². The van der Waals surface area contributed by atoms with Crippen molar-refractivity contribution < 1.29 is 19.1 Å². The van der Waals surface area contributed by atoms with Crippen LogP contribution in [0.25, 0.3) is 11.1 Å². The Morgan fingerprint density at radius 3 is 2.23 bits per heavy atom. The van der Waals surface area contributed by atoms with E-state index in [4.69, 9.17) is 10.5 Å². The monoisotopic (exact) mass is 549 g/mol. The summed E-state index contributed by atoms with van der Waals surface area (Å²) in [6.07, 6.45) is -0.649. The van der Waals surface area contributed by atoms with E-state index in [0.717, 1.165) is 32.7 Å². The van der Waals surface area contributed by atoms with Gasteiger partial charge in [-0.2, -0.15) is 0 Å². The molecule has 1 atom stereocenters. The summed E-state index contributed by atoms with van der Waals surface area (Å²) in [6, 6.07) is 30.1. The lowest BCUT2D eigenvalue weighted by Gasteiger charge is -2.26. The molecule has 0 saturated heterocycles. The van der Waals surface area contributed by atoms with Crippen LogP contribution in [0.4, 0.5) is 10.5 Å².